The van der Waals surface area contributed by atoms with E-state index in [9.17, 15) is 19.5 Å². The number of rotatable bonds is 2. The average Bonchev–Trinajstić information content (AvgIpc) is 2.90. The lowest BCUT2D eigenvalue weighted by molar-refractivity contribution is -0.154. The highest BCUT2D eigenvalue weighted by atomic mass is 16.6. The fourth-order valence-corrected chi connectivity index (χ4v) is 3.53. The number of aliphatic hydroxyl groups excluding tert-OH is 1. The molecule has 1 amide bonds. The number of ketones is 1. The van der Waals surface area contributed by atoms with Gasteiger partial charge < -0.3 is 19.9 Å². The quantitative estimate of drug-likeness (QED) is 0.710. The molecular formula is C17H28N2O6. The number of hydrogen-bond donors (Lipinski definition) is 2. The van der Waals surface area contributed by atoms with Gasteiger partial charge in [0.25, 0.3) is 0 Å². The summed E-state index contributed by atoms with van der Waals surface area (Å²) in [5.74, 6) is -0.381. The molecule has 2 fully saturated rings. The Morgan fingerprint density at radius 2 is 1.92 bits per heavy atom. The average molecular weight is 356 g/mol. The molecule has 2 heterocycles. The monoisotopic (exact) mass is 356 g/mol. The van der Waals surface area contributed by atoms with E-state index in [4.69, 9.17) is 9.47 Å². The summed E-state index contributed by atoms with van der Waals surface area (Å²) in [6, 6.07) is -1.54. The van der Waals surface area contributed by atoms with Crippen molar-refractivity contribution in [3.63, 3.8) is 0 Å². The van der Waals surface area contributed by atoms with Crippen LogP contribution in [0.25, 0.3) is 0 Å². The topological polar surface area (TPSA) is 105 Å². The van der Waals surface area contributed by atoms with Crippen LogP contribution in [-0.4, -0.2) is 64.9 Å². The third-order valence-electron chi connectivity index (χ3n) is 4.59. The van der Waals surface area contributed by atoms with Crippen molar-refractivity contribution in [3.05, 3.63) is 0 Å². The number of hydrogen-bond acceptors (Lipinski definition) is 7. The van der Waals surface area contributed by atoms with Gasteiger partial charge in [0.05, 0.1) is 13.2 Å². The number of fused-ring (bicyclic) bond motifs is 1. The molecule has 0 bridgehead atoms. The van der Waals surface area contributed by atoms with Crippen LogP contribution in [0.5, 0.6) is 0 Å². The molecule has 0 aromatic rings. The van der Waals surface area contributed by atoms with Crippen LogP contribution in [0, 0.1) is 0 Å². The van der Waals surface area contributed by atoms with E-state index in [-0.39, 0.29) is 24.7 Å². The smallest absolute Gasteiger partial charge is 0.408 e. The largest absolute Gasteiger partial charge is 0.468 e. The molecule has 142 valence electrons. The number of nitrogens with zero attached hydrogens (tertiary/aromatic N) is 1. The number of ether oxygens (including phenoxy) is 2. The van der Waals surface area contributed by atoms with Crippen LogP contribution in [0.1, 0.15) is 52.9 Å². The molecule has 25 heavy (non-hydrogen) atoms. The third kappa shape index (κ3) is 4.92. The number of aliphatic hydroxyl groups is 1. The Bertz CT molecular complexity index is 530. The molecule has 0 aromatic heterocycles. The van der Waals surface area contributed by atoms with Gasteiger partial charge in [-0.25, -0.2) is 4.79 Å². The Morgan fingerprint density at radius 1 is 1.24 bits per heavy atom. The Morgan fingerprint density at radius 3 is 2.52 bits per heavy atom. The second kappa shape index (κ2) is 7.70. The first-order chi connectivity index (χ1) is 11.6. The highest BCUT2D eigenvalue weighted by Gasteiger charge is 2.46. The summed E-state index contributed by atoms with van der Waals surface area (Å²) in [6.07, 6.45) is 0.250. The van der Waals surface area contributed by atoms with Crippen LogP contribution in [0.15, 0.2) is 0 Å². The van der Waals surface area contributed by atoms with Gasteiger partial charge in [0.2, 0.25) is 0 Å². The molecule has 0 aliphatic carbocycles. The molecule has 2 aliphatic rings. The first-order valence-corrected chi connectivity index (χ1v) is 8.67. The predicted octanol–water partition coefficient (Wildman–Crippen LogP) is 0.957. The standard InChI is InChI=1S/C17H28N2O6/c1-17(2,3)25-16(23)18-12-7-6-11(20)9-10-5-8-13(15(22)24-4)19(10)14(12)21/h10,12-14,21H,5-9H2,1-4H3,(H,18,23)/t10-,12+,13+,14?/m1/s1. The highest BCUT2D eigenvalue weighted by molar-refractivity contribution is 5.80. The van der Waals surface area contributed by atoms with Crippen molar-refractivity contribution < 1.29 is 29.0 Å². The highest BCUT2D eigenvalue weighted by Crippen LogP contribution is 2.32. The number of Topliss-reactive ketones (excluding diaryl/α,β-unsaturated/α-hetero) is 1. The zero-order valence-electron chi connectivity index (χ0n) is 15.3. The molecule has 2 N–H and O–H groups in total. The summed E-state index contributed by atoms with van der Waals surface area (Å²) in [5.41, 5.74) is -0.669. The molecule has 4 atom stereocenters. The third-order valence-corrected chi connectivity index (χ3v) is 4.59. The molecule has 8 heteroatoms. The molecule has 2 aliphatic heterocycles. The summed E-state index contributed by atoms with van der Waals surface area (Å²) in [7, 11) is 1.30. The minimum Gasteiger partial charge on any atom is -0.468 e. The van der Waals surface area contributed by atoms with Crippen molar-refractivity contribution in [1.82, 2.24) is 10.2 Å². The number of amides is 1. The number of alkyl carbamates (subject to hydrolysis) is 1. The van der Waals surface area contributed by atoms with Gasteiger partial charge in [-0.05, 0) is 40.0 Å². The number of methoxy groups -OCH3 is 1. The molecular weight excluding hydrogens is 328 g/mol. The molecule has 0 spiro atoms. The second-order valence-electron chi connectivity index (χ2n) is 7.67. The molecule has 0 aromatic carbocycles. The lowest BCUT2D eigenvalue weighted by Gasteiger charge is -2.39. The maximum Gasteiger partial charge on any atom is 0.408 e. The zero-order valence-corrected chi connectivity index (χ0v) is 15.3. The van der Waals surface area contributed by atoms with Gasteiger partial charge in [-0.3, -0.25) is 14.5 Å². The first-order valence-electron chi connectivity index (χ1n) is 8.67. The van der Waals surface area contributed by atoms with E-state index in [1.54, 1.807) is 25.7 Å². The van der Waals surface area contributed by atoms with Gasteiger partial charge in [0, 0.05) is 18.9 Å². The van der Waals surface area contributed by atoms with Crippen LogP contribution < -0.4 is 5.32 Å². The van der Waals surface area contributed by atoms with E-state index in [2.05, 4.69) is 5.32 Å². The second-order valence-corrected chi connectivity index (χ2v) is 7.67. The maximum absolute atomic E-state index is 12.1. The van der Waals surface area contributed by atoms with Crippen molar-refractivity contribution in [2.24, 2.45) is 0 Å². The number of esters is 1. The molecule has 0 saturated carbocycles. The first kappa shape index (κ1) is 19.7. The summed E-state index contributed by atoms with van der Waals surface area (Å²) < 4.78 is 10.1. The zero-order chi connectivity index (χ0) is 18.8. The lowest BCUT2D eigenvalue weighted by atomic mass is 9.97. The predicted molar refractivity (Wildman–Crippen MR) is 88.7 cm³/mol. The molecule has 8 nitrogen and oxygen atoms in total. The Labute approximate surface area is 147 Å². The molecule has 2 rings (SSSR count). The van der Waals surface area contributed by atoms with Gasteiger partial charge in [-0.15, -0.1) is 0 Å². The normalized spacial score (nSPS) is 30.8. The number of carbonyl (C=O) groups excluding carboxylic acids is 3. The molecule has 0 radical (unpaired) electrons. The van der Waals surface area contributed by atoms with E-state index in [1.807, 2.05) is 0 Å². The van der Waals surface area contributed by atoms with Crippen molar-refractivity contribution >= 4 is 17.8 Å². The maximum atomic E-state index is 12.1. The summed E-state index contributed by atoms with van der Waals surface area (Å²) in [4.78, 5) is 37.9. The van der Waals surface area contributed by atoms with Crippen molar-refractivity contribution in [3.8, 4) is 0 Å². The Balaban J connectivity index is 2.17. The van der Waals surface area contributed by atoms with Crippen LogP contribution >= 0.6 is 0 Å². The summed E-state index contributed by atoms with van der Waals surface area (Å²) in [6.45, 7) is 5.23. The van der Waals surface area contributed by atoms with Crippen LogP contribution in [0.4, 0.5) is 4.79 Å². The summed E-state index contributed by atoms with van der Waals surface area (Å²) >= 11 is 0. The minimum atomic E-state index is -1.09. The minimum absolute atomic E-state index is 0.0587. The fourth-order valence-electron chi connectivity index (χ4n) is 3.53. The summed E-state index contributed by atoms with van der Waals surface area (Å²) in [5, 5.41) is 13.5. The van der Waals surface area contributed by atoms with Gasteiger partial charge in [0.1, 0.15) is 23.7 Å². The van der Waals surface area contributed by atoms with Crippen molar-refractivity contribution in [2.75, 3.05) is 7.11 Å². The lowest BCUT2D eigenvalue weighted by Crippen LogP contribution is -2.58. The van der Waals surface area contributed by atoms with E-state index in [0.717, 1.165) is 0 Å². The van der Waals surface area contributed by atoms with Gasteiger partial charge >= 0.3 is 12.1 Å². The molecule has 2 saturated heterocycles. The Kier molecular flexibility index (Phi) is 6.05. The SMILES string of the molecule is COC(=O)[C@@H]1CC[C@@H]2CC(=O)CC[C@H](NC(=O)OC(C)(C)C)C(O)N21. The number of nitrogens with one attached hydrogen (secondary N) is 1. The Hall–Kier alpha value is -1.67. The molecule has 1 unspecified atom stereocenters. The van der Waals surface area contributed by atoms with Gasteiger partial charge in [0.15, 0.2) is 0 Å². The number of carbonyl (C=O) groups is 3. The van der Waals surface area contributed by atoms with E-state index >= 15 is 0 Å². The van der Waals surface area contributed by atoms with Gasteiger partial charge in [-0.2, -0.15) is 0 Å². The van der Waals surface area contributed by atoms with Crippen molar-refractivity contribution in [2.45, 2.75) is 82.8 Å². The van der Waals surface area contributed by atoms with E-state index in [0.29, 0.717) is 19.3 Å². The van der Waals surface area contributed by atoms with Crippen molar-refractivity contribution in [1.29, 1.82) is 0 Å². The van der Waals surface area contributed by atoms with E-state index < -0.39 is 36.0 Å². The fraction of sp³-hybridized carbons (Fsp3) is 0.824. The van der Waals surface area contributed by atoms with E-state index in [1.165, 1.54) is 7.11 Å². The van der Waals surface area contributed by atoms with Crippen LogP contribution in [0.2, 0.25) is 0 Å². The van der Waals surface area contributed by atoms with Crippen LogP contribution in [-0.2, 0) is 19.1 Å². The van der Waals surface area contributed by atoms with Crippen LogP contribution in [0.3, 0.4) is 0 Å². The van der Waals surface area contributed by atoms with Gasteiger partial charge in [-0.1, -0.05) is 0 Å².